The molecule has 0 bridgehead atoms. The van der Waals surface area contributed by atoms with Crippen molar-refractivity contribution in [1.29, 1.82) is 0 Å². The average molecular weight is 269 g/mol. The number of rotatable bonds is 7. The lowest BCUT2D eigenvalue weighted by atomic mass is 10.0. The van der Waals surface area contributed by atoms with E-state index < -0.39 is 0 Å². The molecule has 2 amide bonds. The van der Waals surface area contributed by atoms with Crippen molar-refractivity contribution in [2.24, 2.45) is 0 Å². The van der Waals surface area contributed by atoms with Crippen molar-refractivity contribution in [2.75, 3.05) is 6.54 Å². The van der Waals surface area contributed by atoms with Crippen LogP contribution in [-0.2, 0) is 5.54 Å². The molecule has 0 aromatic carbocycles. The topological polar surface area (TPSA) is 54.0 Å². The van der Waals surface area contributed by atoms with Gasteiger partial charge in [-0.15, -0.1) is 11.3 Å². The zero-order valence-electron chi connectivity index (χ0n) is 11.5. The van der Waals surface area contributed by atoms with Crippen LogP contribution in [0.3, 0.4) is 0 Å². The van der Waals surface area contributed by atoms with Crippen LogP contribution in [0.15, 0.2) is 11.6 Å². The lowest BCUT2D eigenvalue weighted by molar-refractivity contribution is 0.225. The molecule has 1 unspecified atom stereocenters. The minimum absolute atomic E-state index is 0.106. The summed E-state index contributed by atoms with van der Waals surface area (Å²) in [7, 11) is 0. The maximum atomic E-state index is 11.8. The molecule has 1 atom stereocenters. The summed E-state index contributed by atoms with van der Waals surface area (Å²) in [4.78, 5) is 16.1. The van der Waals surface area contributed by atoms with Gasteiger partial charge in [-0.2, -0.15) is 0 Å². The van der Waals surface area contributed by atoms with Crippen molar-refractivity contribution in [3.05, 3.63) is 16.6 Å². The molecule has 0 saturated heterocycles. The number of aromatic nitrogens is 1. The number of carbonyl (C=O) groups is 1. The monoisotopic (exact) mass is 269 g/mol. The van der Waals surface area contributed by atoms with E-state index in [0.717, 1.165) is 37.2 Å². The molecule has 0 radical (unpaired) electrons. The van der Waals surface area contributed by atoms with Crippen molar-refractivity contribution in [2.45, 2.75) is 52.0 Å². The fourth-order valence-electron chi connectivity index (χ4n) is 1.66. The van der Waals surface area contributed by atoms with Crippen LogP contribution in [-0.4, -0.2) is 17.6 Å². The molecule has 4 nitrogen and oxygen atoms in total. The maximum Gasteiger partial charge on any atom is 0.315 e. The third kappa shape index (κ3) is 4.29. The predicted molar refractivity (Wildman–Crippen MR) is 75.8 cm³/mol. The van der Waals surface area contributed by atoms with Crippen LogP contribution in [0.1, 0.15) is 51.5 Å². The third-order valence-electron chi connectivity index (χ3n) is 3.07. The molecular weight excluding hydrogens is 246 g/mol. The van der Waals surface area contributed by atoms with Crippen molar-refractivity contribution < 1.29 is 4.79 Å². The van der Waals surface area contributed by atoms with Gasteiger partial charge in [0.1, 0.15) is 5.01 Å². The normalized spacial score (nSPS) is 13.9. The van der Waals surface area contributed by atoms with Crippen LogP contribution in [0, 0.1) is 0 Å². The van der Waals surface area contributed by atoms with E-state index in [2.05, 4.69) is 29.5 Å². The Labute approximate surface area is 113 Å². The molecule has 0 saturated carbocycles. The van der Waals surface area contributed by atoms with Gasteiger partial charge in [-0.1, -0.05) is 26.7 Å². The number of urea groups is 1. The van der Waals surface area contributed by atoms with E-state index in [1.165, 1.54) is 0 Å². The number of unbranched alkanes of at least 4 members (excludes halogenated alkanes) is 2. The highest BCUT2D eigenvalue weighted by atomic mass is 32.1. The standard InChI is InChI=1S/C13H23N3OS/c1-4-6-7-8-15-12(17)16-13(3,5-2)11-14-9-10-18-11/h9-10H,4-8H2,1-3H3,(H2,15,16,17). The summed E-state index contributed by atoms with van der Waals surface area (Å²) in [6, 6.07) is -0.106. The Hall–Kier alpha value is -1.10. The van der Waals surface area contributed by atoms with E-state index in [9.17, 15) is 4.79 Å². The van der Waals surface area contributed by atoms with E-state index in [-0.39, 0.29) is 11.6 Å². The molecule has 2 N–H and O–H groups in total. The first-order valence-electron chi connectivity index (χ1n) is 6.58. The zero-order valence-corrected chi connectivity index (χ0v) is 12.3. The van der Waals surface area contributed by atoms with Gasteiger partial charge in [0.2, 0.25) is 0 Å². The molecular formula is C13H23N3OS. The highest BCUT2D eigenvalue weighted by Gasteiger charge is 2.28. The van der Waals surface area contributed by atoms with Gasteiger partial charge < -0.3 is 10.6 Å². The Morgan fingerprint density at radius 2 is 2.22 bits per heavy atom. The molecule has 1 heterocycles. The Bertz CT molecular complexity index is 353. The van der Waals surface area contributed by atoms with Gasteiger partial charge in [0, 0.05) is 18.1 Å². The summed E-state index contributed by atoms with van der Waals surface area (Å²) in [5.74, 6) is 0. The molecule has 5 heteroatoms. The average Bonchev–Trinajstić information content (AvgIpc) is 2.89. The molecule has 0 aliphatic heterocycles. The maximum absolute atomic E-state index is 11.8. The van der Waals surface area contributed by atoms with Gasteiger partial charge >= 0.3 is 6.03 Å². The largest absolute Gasteiger partial charge is 0.338 e. The number of hydrogen-bond donors (Lipinski definition) is 2. The number of carbonyl (C=O) groups excluding carboxylic acids is 1. The number of amides is 2. The highest BCUT2D eigenvalue weighted by molar-refractivity contribution is 7.09. The van der Waals surface area contributed by atoms with Crippen molar-refractivity contribution in [1.82, 2.24) is 15.6 Å². The van der Waals surface area contributed by atoms with Crippen LogP contribution in [0.5, 0.6) is 0 Å². The van der Waals surface area contributed by atoms with E-state index in [1.807, 2.05) is 12.3 Å². The second-order valence-corrected chi connectivity index (χ2v) is 5.51. The van der Waals surface area contributed by atoms with Crippen LogP contribution >= 0.6 is 11.3 Å². The molecule has 18 heavy (non-hydrogen) atoms. The summed E-state index contributed by atoms with van der Waals surface area (Å²) >= 11 is 1.57. The van der Waals surface area contributed by atoms with Crippen LogP contribution < -0.4 is 10.6 Å². The Morgan fingerprint density at radius 1 is 1.44 bits per heavy atom. The van der Waals surface area contributed by atoms with Gasteiger partial charge in [-0.3, -0.25) is 0 Å². The smallest absolute Gasteiger partial charge is 0.315 e. The second-order valence-electron chi connectivity index (χ2n) is 4.61. The first-order valence-corrected chi connectivity index (χ1v) is 7.46. The van der Waals surface area contributed by atoms with Gasteiger partial charge in [0.05, 0.1) is 5.54 Å². The first kappa shape index (κ1) is 15.0. The highest BCUT2D eigenvalue weighted by Crippen LogP contribution is 2.25. The molecule has 0 spiro atoms. The predicted octanol–water partition coefficient (Wildman–Crippen LogP) is 3.26. The number of nitrogens with zero attached hydrogens (tertiary/aromatic N) is 1. The molecule has 1 aromatic rings. The summed E-state index contributed by atoms with van der Waals surface area (Å²) in [5, 5.41) is 8.80. The van der Waals surface area contributed by atoms with E-state index >= 15 is 0 Å². The van der Waals surface area contributed by atoms with Gasteiger partial charge in [0.15, 0.2) is 0 Å². The van der Waals surface area contributed by atoms with Gasteiger partial charge in [0.25, 0.3) is 0 Å². The number of nitrogens with one attached hydrogen (secondary N) is 2. The van der Waals surface area contributed by atoms with Crippen LogP contribution in [0.4, 0.5) is 4.79 Å². The Balaban J connectivity index is 2.45. The lowest BCUT2D eigenvalue weighted by Gasteiger charge is -2.27. The van der Waals surface area contributed by atoms with E-state index in [1.54, 1.807) is 17.5 Å². The molecule has 1 rings (SSSR count). The second kappa shape index (κ2) is 7.36. The first-order chi connectivity index (χ1) is 8.62. The fourth-order valence-corrected chi connectivity index (χ4v) is 2.49. The summed E-state index contributed by atoms with van der Waals surface area (Å²) < 4.78 is 0. The Kier molecular flexibility index (Phi) is 6.12. The molecule has 0 fully saturated rings. The quantitative estimate of drug-likeness (QED) is 0.746. The van der Waals surface area contributed by atoms with Crippen LogP contribution in [0.25, 0.3) is 0 Å². The third-order valence-corrected chi connectivity index (χ3v) is 4.10. The summed E-state index contributed by atoms with van der Waals surface area (Å²) in [5.41, 5.74) is -0.372. The van der Waals surface area contributed by atoms with Crippen molar-refractivity contribution in [3.63, 3.8) is 0 Å². The number of hydrogen-bond acceptors (Lipinski definition) is 3. The molecule has 102 valence electrons. The van der Waals surface area contributed by atoms with E-state index in [4.69, 9.17) is 0 Å². The van der Waals surface area contributed by atoms with Crippen molar-refractivity contribution >= 4 is 17.4 Å². The van der Waals surface area contributed by atoms with E-state index in [0.29, 0.717) is 0 Å². The van der Waals surface area contributed by atoms with Gasteiger partial charge in [-0.25, -0.2) is 9.78 Å². The SMILES string of the molecule is CCCCCNC(=O)NC(C)(CC)c1nccs1. The van der Waals surface area contributed by atoms with Crippen LogP contribution in [0.2, 0.25) is 0 Å². The molecule has 0 aliphatic carbocycles. The summed E-state index contributed by atoms with van der Waals surface area (Å²) in [6.45, 7) is 6.95. The fraction of sp³-hybridized carbons (Fsp3) is 0.692. The zero-order chi connectivity index (χ0) is 13.4. The molecule has 0 aliphatic rings. The van der Waals surface area contributed by atoms with Gasteiger partial charge in [-0.05, 0) is 19.8 Å². The molecule has 1 aromatic heterocycles. The van der Waals surface area contributed by atoms with Crippen molar-refractivity contribution in [3.8, 4) is 0 Å². The lowest BCUT2D eigenvalue weighted by Crippen LogP contribution is -2.48. The summed E-state index contributed by atoms with van der Waals surface area (Å²) in [6.07, 6.45) is 5.94. The Morgan fingerprint density at radius 3 is 2.78 bits per heavy atom. The minimum Gasteiger partial charge on any atom is -0.338 e. The minimum atomic E-state index is -0.372. The number of thiazole rings is 1.